The summed E-state index contributed by atoms with van der Waals surface area (Å²) in [6, 6.07) is 0. The second-order valence-electron chi connectivity index (χ2n) is 7.94. The van der Waals surface area contributed by atoms with Crippen molar-refractivity contribution in [1.29, 1.82) is 0 Å². The number of aliphatic hydroxyl groups excluding tert-OH is 1. The van der Waals surface area contributed by atoms with E-state index in [0.717, 1.165) is 44.8 Å². The molecule has 0 aromatic rings. The third-order valence-corrected chi connectivity index (χ3v) is 5.53. The lowest BCUT2D eigenvalue weighted by Gasteiger charge is -2.42. The normalized spacial score (nSPS) is 34.4. The average Bonchev–Trinajstić information content (AvgIpc) is 2.41. The molecule has 0 spiro atoms. The molecule has 0 aromatic heterocycles. The Morgan fingerprint density at radius 3 is 2.30 bits per heavy atom. The minimum absolute atomic E-state index is 0.0891. The Bertz CT molecular complexity index is 292. The molecule has 3 unspecified atom stereocenters. The van der Waals surface area contributed by atoms with Crippen LogP contribution >= 0.6 is 0 Å². The van der Waals surface area contributed by atoms with Crippen LogP contribution in [0.4, 0.5) is 0 Å². The fourth-order valence-electron chi connectivity index (χ4n) is 3.89. The van der Waals surface area contributed by atoms with Crippen molar-refractivity contribution in [1.82, 2.24) is 4.90 Å². The van der Waals surface area contributed by atoms with E-state index < -0.39 is 0 Å². The second kappa shape index (κ2) is 6.76. The predicted molar refractivity (Wildman–Crippen MR) is 82.8 cm³/mol. The van der Waals surface area contributed by atoms with Crippen LogP contribution in [0.15, 0.2) is 0 Å². The highest BCUT2D eigenvalue weighted by Gasteiger charge is 2.36. The van der Waals surface area contributed by atoms with Crippen LogP contribution in [-0.4, -0.2) is 49.0 Å². The first-order chi connectivity index (χ1) is 9.40. The molecule has 3 nitrogen and oxygen atoms in total. The quantitative estimate of drug-likeness (QED) is 0.864. The molecule has 118 valence electrons. The molecule has 3 heteroatoms. The fraction of sp³-hybridized carbons (Fsp3) is 1.00. The van der Waals surface area contributed by atoms with Crippen LogP contribution < -0.4 is 0 Å². The summed E-state index contributed by atoms with van der Waals surface area (Å²) in [4.78, 5) is 2.54. The van der Waals surface area contributed by atoms with Gasteiger partial charge in [-0.1, -0.05) is 20.8 Å². The molecular weight excluding hydrogens is 250 g/mol. The first kappa shape index (κ1) is 16.3. The van der Waals surface area contributed by atoms with E-state index in [1.807, 2.05) is 7.11 Å². The van der Waals surface area contributed by atoms with Gasteiger partial charge in [0.2, 0.25) is 0 Å². The van der Waals surface area contributed by atoms with Crippen molar-refractivity contribution in [2.75, 3.05) is 26.7 Å². The summed E-state index contributed by atoms with van der Waals surface area (Å²) >= 11 is 0. The van der Waals surface area contributed by atoms with Crippen molar-refractivity contribution in [2.45, 2.75) is 65.1 Å². The summed E-state index contributed by atoms with van der Waals surface area (Å²) in [6.07, 6.45) is 6.01. The number of hydrogen-bond donors (Lipinski definition) is 1. The highest BCUT2D eigenvalue weighted by molar-refractivity contribution is 4.87. The molecule has 1 heterocycles. The van der Waals surface area contributed by atoms with Crippen LogP contribution in [0.3, 0.4) is 0 Å². The maximum Gasteiger partial charge on any atom is 0.0595 e. The number of methoxy groups -OCH3 is 1. The first-order valence-electron chi connectivity index (χ1n) is 8.33. The lowest BCUT2D eigenvalue weighted by atomic mass is 9.68. The van der Waals surface area contributed by atoms with Gasteiger partial charge in [0.05, 0.1) is 12.2 Å². The van der Waals surface area contributed by atoms with Gasteiger partial charge in [-0.25, -0.2) is 0 Å². The molecule has 0 aromatic carbocycles. The number of likely N-dealkylation sites (tertiary alicyclic amines) is 1. The SMILES string of the molecule is COC1CCN(CC2CC(C(C)(C)C)CCC2O)CC1. The third-order valence-electron chi connectivity index (χ3n) is 5.53. The van der Waals surface area contributed by atoms with Gasteiger partial charge in [-0.15, -0.1) is 0 Å². The molecule has 0 bridgehead atoms. The maximum atomic E-state index is 10.3. The van der Waals surface area contributed by atoms with E-state index in [2.05, 4.69) is 25.7 Å². The molecule has 0 radical (unpaired) electrons. The van der Waals surface area contributed by atoms with Gasteiger partial charge in [-0.2, -0.15) is 0 Å². The van der Waals surface area contributed by atoms with Gasteiger partial charge < -0.3 is 14.7 Å². The maximum absolute atomic E-state index is 10.3. The first-order valence-corrected chi connectivity index (χ1v) is 8.33. The topological polar surface area (TPSA) is 32.7 Å². The van der Waals surface area contributed by atoms with Crippen molar-refractivity contribution in [3.8, 4) is 0 Å². The Morgan fingerprint density at radius 2 is 1.75 bits per heavy atom. The molecule has 20 heavy (non-hydrogen) atoms. The van der Waals surface area contributed by atoms with Crippen LogP contribution in [0, 0.1) is 17.3 Å². The van der Waals surface area contributed by atoms with E-state index in [9.17, 15) is 5.11 Å². The summed E-state index contributed by atoms with van der Waals surface area (Å²) in [5, 5.41) is 10.3. The molecule has 1 aliphatic heterocycles. The van der Waals surface area contributed by atoms with Crippen molar-refractivity contribution < 1.29 is 9.84 Å². The molecule has 1 saturated carbocycles. The molecule has 3 atom stereocenters. The molecular formula is C17H33NO2. The number of aliphatic hydroxyl groups is 1. The highest BCUT2D eigenvalue weighted by atomic mass is 16.5. The zero-order chi connectivity index (χ0) is 14.8. The smallest absolute Gasteiger partial charge is 0.0595 e. The van der Waals surface area contributed by atoms with Gasteiger partial charge in [-0.05, 0) is 49.4 Å². The van der Waals surface area contributed by atoms with Crippen LogP contribution in [-0.2, 0) is 4.74 Å². The monoisotopic (exact) mass is 283 g/mol. The molecule has 2 rings (SSSR count). The predicted octanol–water partition coefficient (Wildman–Crippen LogP) is 2.92. The summed E-state index contributed by atoms with van der Waals surface area (Å²) in [6.45, 7) is 10.4. The summed E-state index contributed by atoms with van der Waals surface area (Å²) in [7, 11) is 1.82. The van der Waals surface area contributed by atoms with E-state index in [0.29, 0.717) is 17.4 Å². The van der Waals surface area contributed by atoms with Gasteiger partial charge in [0, 0.05) is 26.7 Å². The van der Waals surface area contributed by atoms with Crippen LogP contribution in [0.2, 0.25) is 0 Å². The second-order valence-corrected chi connectivity index (χ2v) is 7.94. The van der Waals surface area contributed by atoms with Gasteiger partial charge in [0.1, 0.15) is 0 Å². The van der Waals surface area contributed by atoms with E-state index in [4.69, 9.17) is 4.74 Å². The fourth-order valence-corrected chi connectivity index (χ4v) is 3.89. The number of piperidine rings is 1. The van der Waals surface area contributed by atoms with Crippen LogP contribution in [0.1, 0.15) is 52.9 Å². The van der Waals surface area contributed by atoms with Crippen molar-refractivity contribution in [3.05, 3.63) is 0 Å². The van der Waals surface area contributed by atoms with E-state index in [-0.39, 0.29) is 6.10 Å². The molecule has 1 aliphatic carbocycles. The number of hydrogen-bond acceptors (Lipinski definition) is 3. The molecule has 2 aliphatic rings. The van der Waals surface area contributed by atoms with Crippen molar-refractivity contribution in [2.24, 2.45) is 17.3 Å². The van der Waals surface area contributed by atoms with Gasteiger partial charge in [-0.3, -0.25) is 0 Å². The minimum Gasteiger partial charge on any atom is -0.393 e. The minimum atomic E-state index is -0.0891. The zero-order valence-corrected chi connectivity index (χ0v) is 13.8. The Kier molecular flexibility index (Phi) is 5.49. The summed E-state index contributed by atoms with van der Waals surface area (Å²) in [5.74, 6) is 1.22. The van der Waals surface area contributed by atoms with Crippen molar-refractivity contribution in [3.63, 3.8) is 0 Å². The van der Waals surface area contributed by atoms with Crippen molar-refractivity contribution >= 4 is 0 Å². The molecule has 2 fully saturated rings. The standard InChI is InChI=1S/C17H33NO2/c1-17(2,3)14-5-6-16(19)13(11-14)12-18-9-7-15(20-4)8-10-18/h13-16,19H,5-12H2,1-4H3. The van der Waals surface area contributed by atoms with Crippen LogP contribution in [0.25, 0.3) is 0 Å². The molecule has 1 saturated heterocycles. The summed E-state index contributed by atoms with van der Waals surface area (Å²) < 4.78 is 5.44. The average molecular weight is 283 g/mol. The Labute approximate surface area is 124 Å². The van der Waals surface area contributed by atoms with Gasteiger partial charge in [0.15, 0.2) is 0 Å². The van der Waals surface area contributed by atoms with E-state index in [1.54, 1.807) is 0 Å². The van der Waals surface area contributed by atoms with Gasteiger partial charge >= 0.3 is 0 Å². The Morgan fingerprint density at radius 1 is 1.10 bits per heavy atom. The lowest BCUT2D eigenvalue weighted by molar-refractivity contribution is -0.0123. The zero-order valence-electron chi connectivity index (χ0n) is 13.8. The Hall–Kier alpha value is -0.120. The number of nitrogens with zero attached hydrogens (tertiary/aromatic N) is 1. The highest BCUT2D eigenvalue weighted by Crippen LogP contribution is 2.40. The lowest BCUT2D eigenvalue weighted by Crippen LogP contribution is -2.44. The molecule has 0 amide bonds. The Balaban J connectivity index is 1.84. The summed E-state index contributed by atoms with van der Waals surface area (Å²) in [5.41, 5.74) is 0.376. The largest absolute Gasteiger partial charge is 0.393 e. The third kappa shape index (κ3) is 4.19. The number of ether oxygens (including phenoxy) is 1. The van der Waals surface area contributed by atoms with Crippen LogP contribution in [0.5, 0.6) is 0 Å². The van der Waals surface area contributed by atoms with E-state index in [1.165, 1.54) is 12.8 Å². The van der Waals surface area contributed by atoms with E-state index >= 15 is 0 Å². The number of rotatable bonds is 3. The van der Waals surface area contributed by atoms with Gasteiger partial charge in [0.25, 0.3) is 0 Å². The molecule has 1 N–H and O–H groups in total.